The zero-order valence-electron chi connectivity index (χ0n) is 12.0. The number of Topliss-reactive ketones (excluding diaryl/α,β-unsaturated/α-hetero) is 1. The smallest absolute Gasteiger partial charge is 0.164 e. The van der Waals surface area contributed by atoms with Gasteiger partial charge in [-0.1, -0.05) is 11.6 Å². The fraction of sp³-hybridized carbons (Fsp3) is 0.312. The van der Waals surface area contributed by atoms with E-state index in [0.29, 0.717) is 22.9 Å². The molecule has 5 heteroatoms. The minimum atomic E-state index is 0.204. The summed E-state index contributed by atoms with van der Waals surface area (Å²) in [6.45, 7) is 0. The highest BCUT2D eigenvalue weighted by molar-refractivity contribution is 6.32. The Bertz CT molecular complexity index is 706. The third kappa shape index (κ3) is 2.29. The minimum Gasteiger partial charge on any atom is -0.495 e. The molecule has 0 bridgehead atoms. The van der Waals surface area contributed by atoms with E-state index in [4.69, 9.17) is 21.1 Å². The molecule has 0 N–H and O–H groups in total. The summed E-state index contributed by atoms with van der Waals surface area (Å²) in [5.41, 5.74) is 2.65. The van der Waals surface area contributed by atoms with Crippen molar-refractivity contribution in [3.05, 3.63) is 40.7 Å². The molecule has 1 heterocycles. The molecule has 4 nitrogen and oxygen atoms in total. The van der Waals surface area contributed by atoms with Crippen molar-refractivity contribution in [1.82, 2.24) is 4.57 Å². The zero-order valence-corrected chi connectivity index (χ0v) is 12.7. The molecule has 0 spiro atoms. The Hall–Kier alpha value is -1.94. The summed E-state index contributed by atoms with van der Waals surface area (Å²) in [5.74, 6) is 1.43. The molecule has 0 saturated carbocycles. The molecule has 1 aliphatic rings. The summed E-state index contributed by atoms with van der Waals surface area (Å²) < 4.78 is 12.7. The molecule has 1 aromatic carbocycles. The van der Waals surface area contributed by atoms with Crippen molar-refractivity contribution in [3.63, 3.8) is 0 Å². The van der Waals surface area contributed by atoms with E-state index in [0.717, 1.165) is 29.8 Å². The molecule has 1 aromatic heterocycles. The van der Waals surface area contributed by atoms with Gasteiger partial charge in [-0.3, -0.25) is 4.79 Å². The number of fused-ring (bicyclic) bond motifs is 1. The Morgan fingerprint density at radius 1 is 1.14 bits per heavy atom. The molecule has 2 aromatic rings. The second kappa shape index (κ2) is 5.45. The lowest BCUT2D eigenvalue weighted by Crippen LogP contribution is -2.12. The first-order valence-corrected chi connectivity index (χ1v) is 7.19. The van der Waals surface area contributed by atoms with Crippen LogP contribution in [0.2, 0.25) is 5.02 Å². The van der Waals surface area contributed by atoms with Gasteiger partial charge in [0.15, 0.2) is 5.78 Å². The quantitative estimate of drug-likeness (QED) is 0.868. The Balaban J connectivity index is 2.19. The monoisotopic (exact) mass is 305 g/mol. The second-order valence-electron chi connectivity index (χ2n) is 4.98. The van der Waals surface area contributed by atoms with Gasteiger partial charge in [-0.05, 0) is 18.9 Å². The van der Waals surface area contributed by atoms with Crippen LogP contribution in [0.15, 0.2) is 24.4 Å². The Labute approximate surface area is 128 Å². The van der Waals surface area contributed by atoms with Crippen LogP contribution in [0, 0.1) is 0 Å². The molecular formula is C16H16ClNO3. The van der Waals surface area contributed by atoms with Gasteiger partial charge in [0.05, 0.1) is 24.9 Å². The lowest BCUT2D eigenvalue weighted by Gasteiger charge is -2.18. The lowest BCUT2D eigenvalue weighted by molar-refractivity contribution is 0.0972. The number of hydrogen-bond donors (Lipinski definition) is 0. The van der Waals surface area contributed by atoms with Crippen LogP contribution in [0.4, 0.5) is 0 Å². The predicted molar refractivity (Wildman–Crippen MR) is 81.2 cm³/mol. The fourth-order valence-electron chi connectivity index (χ4n) is 2.78. The van der Waals surface area contributed by atoms with E-state index in [1.807, 2.05) is 22.9 Å². The first-order valence-electron chi connectivity index (χ1n) is 6.81. The number of benzene rings is 1. The Morgan fingerprint density at radius 3 is 2.62 bits per heavy atom. The third-order valence-corrected chi connectivity index (χ3v) is 4.12. The molecule has 0 fully saturated rings. The van der Waals surface area contributed by atoms with Crippen LogP contribution < -0.4 is 9.47 Å². The van der Waals surface area contributed by atoms with Gasteiger partial charge in [-0.25, -0.2) is 0 Å². The average Bonchev–Trinajstić information content (AvgIpc) is 2.92. The number of halogens is 1. The molecule has 0 aliphatic heterocycles. The van der Waals surface area contributed by atoms with Crippen LogP contribution in [-0.4, -0.2) is 24.6 Å². The molecule has 1 aliphatic carbocycles. The number of rotatable bonds is 3. The Morgan fingerprint density at radius 2 is 1.90 bits per heavy atom. The van der Waals surface area contributed by atoms with Crippen LogP contribution in [0.25, 0.3) is 5.69 Å². The van der Waals surface area contributed by atoms with Gasteiger partial charge < -0.3 is 14.0 Å². The van der Waals surface area contributed by atoms with Crippen LogP contribution in [-0.2, 0) is 6.42 Å². The van der Waals surface area contributed by atoms with Crippen molar-refractivity contribution < 1.29 is 14.3 Å². The maximum atomic E-state index is 12.0. The molecule has 0 radical (unpaired) electrons. The van der Waals surface area contributed by atoms with Gasteiger partial charge in [0.25, 0.3) is 0 Å². The van der Waals surface area contributed by atoms with E-state index in [2.05, 4.69) is 0 Å². The number of methoxy groups -OCH3 is 2. The third-order valence-electron chi connectivity index (χ3n) is 3.82. The number of carbonyl (C=O) groups excluding carboxylic acids is 1. The van der Waals surface area contributed by atoms with E-state index in [1.165, 1.54) is 0 Å². The highest BCUT2D eigenvalue weighted by atomic mass is 35.5. The summed E-state index contributed by atoms with van der Waals surface area (Å²) in [7, 11) is 3.18. The van der Waals surface area contributed by atoms with Crippen LogP contribution in [0.3, 0.4) is 0 Å². The summed E-state index contributed by atoms with van der Waals surface area (Å²) in [4.78, 5) is 12.0. The lowest BCUT2D eigenvalue weighted by atomic mass is 9.96. The van der Waals surface area contributed by atoms with E-state index in [-0.39, 0.29) is 5.78 Å². The van der Waals surface area contributed by atoms with E-state index < -0.39 is 0 Å². The molecule has 0 unspecified atom stereocenters. The first-order chi connectivity index (χ1) is 10.2. The molecule has 0 amide bonds. The van der Waals surface area contributed by atoms with Crippen LogP contribution >= 0.6 is 11.6 Å². The number of aromatic nitrogens is 1. The largest absolute Gasteiger partial charge is 0.495 e. The number of nitrogens with zero attached hydrogens (tertiary/aromatic N) is 1. The first kappa shape index (κ1) is 14.0. The number of ketones is 1. The summed E-state index contributed by atoms with van der Waals surface area (Å²) in [6.07, 6.45) is 4.28. The molecule has 110 valence electrons. The standard InChI is InChI=1S/C16H16ClNO3/c1-20-15-9-13(16(21-2)8-11(15)17)18-7-6-10-12(18)4-3-5-14(10)19/h6-9H,3-5H2,1-2H3. The minimum absolute atomic E-state index is 0.204. The fourth-order valence-corrected chi connectivity index (χ4v) is 3.01. The van der Waals surface area contributed by atoms with E-state index in [9.17, 15) is 4.79 Å². The van der Waals surface area contributed by atoms with Crippen molar-refractivity contribution in [2.45, 2.75) is 19.3 Å². The summed E-state index contributed by atoms with van der Waals surface area (Å²) >= 11 is 6.14. The maximum absolute atomic E-state index is 12.0. The van der Waals surface area contributed by atoms with Gasteiger partial charge in [-0.15, -0.1) is 0 Å². The average molecular weight is 306 g/mol. The molecule has 21 heavy (non-hydrogen) atoms. The number of ether oxygens (including phenoxy) is 2. The molecule has 0 saturated heterocycles. The number of hydrogen-bond acceptors (Lipinski definition) is 3. The normalized spacial score (nSPS) is 14.0. The van der Waals surface area contributed by atoms with E-state index >= 15 is 0 Å². The zero-order chi connectivity index (χ0) is 15.0. The van der Waals surface area contributed by atoms with Crippen LogP contribution in [0.5, 0.6) is 11.5 Å². The number of carbonyl (C=O) groups is 1. The molecule has 0 atom stereocenters. The van der Waals surface area contributed by atoms with Gasteiger partial charge in [0.1, 0.15) is 11.5 Å². The van der Waals surface area contributed by atoms with Crippen molar-refractivity contribution in [1.29, 1.82) is 0 Å². The molecular weight excluding hydrogens is 290 g/mol. The van der Waals surface area contributed by atoms with Crippen molar-refractivity contribution in [2.24, 2.45) is 0 Å². The van der Waals surface area contributed by atoms with E-state index in [1.54, 1.807) is 20.3 Å². The topological polar surface area (TPSA) is 40.5 Å². The van der Waals surface area contributed by atoms with Gasteiger partial charge in [0.2, 0.25) is 0 Å². The summed E-state index contributed by atoms with van der Waals surface area (Å²) in [6, 6.07) is 5.44. The predicted octanol–water partition coefficient (Wildman–Crippen LogP) is 3.67. The SMILES string of the molecule is COc1cc(-n2ccc3c2CCCC3=O)c(OC)cc1Cl. The van der Waals surface area contributed by atoms with Gasteiger partial charge >= 0.3 is 0 Å². The van der Waals surface area contributed by atoms with Crippen molar-refractivity contribution in [2.75, 3.05) is 14.2 Å². The van der Waals surface area contributed by atoms with Gasteiger partial charge in [-0.2, -0.15) is 0 Å². The molecule has 3 rings (SSSR count). The summed E-state index contributed by atoms with van der Waals surface area (Å²) in [5, 5.41) is 0.496. The second-order valence-corrected chi connectivity index (χ2v) is 5.39. The van der Waals surface area contributed by atoms with Crippen molar-refractivity contribution >= 4 is 17.4 Å². The van der Waals surface area contributed by atoms with Crippen molar-refractivity contribution in [3.8, 4) is 17.2 Å². The van der Waals surface area contributed by atoms with Gasteiger partial charge in [0, 0.05) is 36.0 Å². The highest BCUT2D eigenvalue weighted by Gasteiger charge is 2.23. The highest BCUT2D eigenvalue weighted by Crippen LogP contribution is 2.36. The van der Waals surface area contributed by atoms with Crippen LogP contribution in [0.1, 0.15) is 28.9 Å². The maximum Gasteiger partial charge on any atom is 0.164 e. The Kier molecular flexibility index (Phi) is 3.64.